The van der Waals surface area contributed by atoms with Crippen LogP contribution in [0.15, 0.2) is 66.4 Å². The summed E-state index contributed by atoms with van der Waals surface area (Å²) in [5, 5.41) is 0. The second kappa shape index (κ2) is 7.89. The van der Waals surface area contributed by atoms with Crippen molar-refractivity contribution in [2.45, 2.75) is 12.3 Å². The molecule has 2 aliphatic heterocycles. The number of benzene rings is 3. The van der Waals surface area contributed by atoms with Gasteiger partial charge in [0.2, 0.25) is 5.78 Å². The third kappa shape index (κ3) is 3.21. The number of ketones is 1. The van der Waals surface area contributed by atoms with E-state index in [1.54, 1.807) is 38.5 Å². The van der Waals surface area contributed by atoms with Crippen LogP contribution in [0.3, 0.4) is 0 Å². The van der Waals surface area contributed by atoms with Gasteiger partial charge in [-0.2, -0.15) is 0 Å². The van der Waals surface area contributed by atoms with Gasteiger partial charge in [0.1, 0.15) is 11.5 Å². The van der Waals surface area contributed by atoms with Crippen molar-refractivity contribution in [3.05, 3.63) is 88.7 Å². The molecule has 0 saturated heterocycles. The standard InChI is InChI=1S/C26H20O6/c1-29-20-10-6-9-16(25(20)30-2)13-21-24(28)17-11-12-19-23(26(17)32-21)18(14-22(27)31-19)15-7-4-3-5-8-15/h3-13,18H,14H2,1-2H3/b21-13-. The smallest absolute Gasteiger partial charge is 0.312 e. The SMILES string of the molecule is COc1cccc(/C=C2\Oc3c(ccc4c3C(c3ccccc3)CC(=O)O4)C2=O)c1OC. The minimum Gasteiger partial charge on any atom is -0.493 e. The fraction of sp³-hybridized carbons (Fsp3) is 0.154. The summed E-state index contributed by atoms with van der Waals surface area (Å²) in [7, 11) is 3.10. The van der Waals surface area contributed by atoms with Crippen LogP contribution < -0.4 is 18.9 Å². The van der Waals surface area contributed by atoms with Gasteiger partial charge >= 0.3 is 5.97 Å². The van der Waals surface area contributed by atoms with E-state index in [2.05, 4.69) is 0 Å². The van der Waals surface area contributed by atoms with Crippen LogP contribution in [0.4, 0.5) is 0 Å². The van der Waals surface area contributed by atoms with E-state index in [1.807, 2.05) is 42.5 Å². The third-order valence-corrected chi connectivity index (χ3v) is 5.70. The molecule has 0 bridgehead atoms. The van der Waals surface area contributed by atoms with Crippen molar-refractivity contribution in [2.75, 3.05) is 14.2 Å². The topological polar surface area (TPSA) is 71.1 Å². The molecule has 5 rings (SSSR count). The zero-order chi connectivity index (χ0) is 22.2. The number of para-hydroxylation sites is 1. The van der Waals surface area contributed by atoms with E-state index in [0.717, 1.165) is 5.56 Å². The maximum absolute atomic E-state index is 13.2. The van der Waals surface area contributed by atoms with Crippen molar-refractivity contribution in [2.24, 2.45) is 0 Å². The summed E-state index contributed by atoms with van der Waals surface area (Å²) in [6.45, 7) is 0. The monoisotopic (exact) mass is 428 g/mol. The van der Waals surface area contributed by atoms with Crippen molar-refractivity contribution < 1.29 is 28.5 Å². The first-order chi connectivity index (χ1) is 15.6. The highest BCUT2D eigenvalue weighted by Crippen LogP contribution is 2.49. The molecule has 1 atom stereocenters. The van der Waals surface area contributed by atoms with E-state index >= 15 is 0 Å². The van der Waals surface area contributed by atoms with Gasteiger partial charge < -0.3 is 18.9 Å². The zero-order valence-corrected chi connectivity index (χ0v) is 17.6. The Morgan fingerprint density at radius 1 is 0.906 bits per heavy atom. The van der Waals surface area contributed by atoms with Gasteiger partial charge in [0, 0.05) is 17.0 Å². The van der Waals surface area contributed by atoms with Crippen LogP contribution in [0.2, 0.25) is 0 Å². The van der Waals surface area contributed by atoms with Gasteiger partial charge in [-0.3, -0.25) is 9.59 Å². The van der Waals surface area contributed by atoms with Crippen LogP contribution in [-0.2, 0) is 4.79 Å². The van der Waals surface area contributed by atoms with E-state index in [0.29, 0.717) is 39.7 Å². The van der Waals surface area contributed by atoms with Gasteiger partial charge in [0.15, 0.2) is 17.3 Å². The maximum atomic E-state index is 13.2. The third-order valence-electron chi connectivity index (χ3n) is 5.70. The van der Waals surface area contributed by atoms with Gasteiger partial charge in [-0.1, -0.05) is 42.5 Å². The molecule has 2 aliphatic rings. The first-order valence-corrected chi connectivity index (χ1v) is 10.2. The van der Waals surface area contributed by atoms with Crippen molar-refractivity contribution in [3.63, 3.8) is 0 Å². The highest BCUT2D eigenvalue weighted by atomic mass is 16.5. The maximum Gasteiger partial charge on any atom is 0.312 e. The molecule has 2 heterocycles. The minimum atomic E-state index is -0.312. The van der Waals surface area contributed by atoms with E-state index in [4.69, 9.17) is 18.9 Å². The molecule has 0 aromatic heterocycles. The van der Waals surface area contributed by atoms with Gasteiger partial charge in [0.25, 0.3) is 0 Å². The molecule has 32 heavy (non-hydrogen) atoms. The number of hydrogen-bond donors (Lipinski definition) is 0. The molecule has 0 N–H and O–H groups in total. The van der Waals surface area contributed by atoms with Gasteiger partial charge in [-0.15, -0.1) is 0 Å². The van der Waals surface area contributed by atoms with Crippen LogP contribution in [0.5, 0.6) is 23.0 Å². The van der Waals surface area contributed by atoms with Crippen LogP contribution in [0, 0.1) is 0 Å². The fourth-order valence-corrected chi connectivity index (χ4v) is 4.24. The first-order valence-electron chi connectivity index (χ1n) is 10.2. The molecule has 0 spiro atoms. The Morgan fingerprint density at radius 3 is 2.47 bits per heavy atom. The molecule has 6 heteroatoms. The lowest BCUT2D eigenvalue weighted by Gasteiger charge is -2.26. The molecule has 0 aliphatic carbocycles. The molecule has 3 aromatic rings. The number of rotatable bonds is 4. The Kier molecular flexibility index (Phi) is 4.90. The predicted octanol–water partition coefficient (Wildman–Crippen LogP) is 4.76. The van der Waals surface area contributed by atoms with Crippen molar-refractivity contribution in [3.8, 4) is 23.0 Å². The molecule has 3 aromatic carbocycles. The summed E-state index contributed by atoms with van der Waals surface area (Å²) < 4.78 is 22.4. The number of Topliss-reactive ketones (excluding diaryl/α,β-unsaturated/α-hetero) is 1. The van der Waals surface area contributed by atoms with E-state index in [-0.39, 0.29) is 29.9 Å². The fourth-order valence-electron chi connectivity index (χ4n) is 4.24. The van der Waals surface area contributed by atoms with Crippen molar-refractivity contribution in [1.29, 1.82) is 0 Å². The zero-order valence-electron chi connectivity index (χ0n) is 17.6. The van der Waals surface area contributed by atoms with Gasteiger partial charge in [-0.05, 0) is 29.8 Å². The molecule has 0 fully saturated rings. The molecule has 0 saturated carbocycles. The van der Waals surface area contributed by atoms with Crippen molar-refractivity contribution >= 4 is 17.8 Å². The first kappa shape index (κ1) is 19.9. The van der Waals surface area contributed by atoms with E-state index in [1.165, 1.54) is 0 Å². The summed E-state index contributed by atoms with van der Waals surface area (Å²) >= 11 is 0. The largest absolute Gasteiger partial charge is 0.493 e. The Labute approximate surface area is 185 Å². The predicted molar refractivity (Wildman–Crippen MR) is 117 cm³/mol. The van der Waals surface area contributed by atoms with Crippen LogP contribution in [0.25, 0.3) is 6.08 Å². The Morgan fingerprint density at radius 2 is 1.72 bits per heavy atom. The molecular weight excluding hydrogens is 408 g/mol. The summed E-state index contributed by atoms with van der Waals surface area (Å²) in [6.07, 6.45) is 1.82. The molecule has 1 unspecified atom stereocenters. The second-order valence-electron chi connectivity index (χ2n) is 7.52. The number of fused-ring (bicyclic) bond motifs is 3. The number of esters is 1. The lowest BCUT2D eigenvalue weighted by molar-refractivity contribution is -0.135. The Bertz CT molecular complexity index is 1260. The molecule has 0 radical (unpaired) electrons. The van der Waals surface area contributed by atoms with Crippen molar-refractivity contribution in [1.82, 2.24) is 0 Å². The number of methoxy groups -OCH3 is 2. The Hall–Kier alpha value is -4.06. The number of allylic oxidation sites excluding steroid dienone is 1. The average Bonchev–Trinajstić information content (AvgIpc) is 3.14. The average molecular weight is 428 g/mol. The normalized spacial score (nSPS) is 17.9. The minimum absolute atomic E-state index is 0.170. The summed E-state index contributed by atoms with van der Waals surface area (Å²) in [4.78, 5) is 25.4. The lowest BCUT2D eigenvalue weighted by atomic mass is 9.85. The number of ether oxygens (including phenoxy) is 4. The number of carbonyl (C=O) groups is 2. The van der Waals surface area contributed by atoms with Gasteiger partial charge in [-0.25, -0.2) is 0 Å². The van der Waals surface area contributed by atoms with Crippen LogP contribution in [-0.4, -0.2) is 26.0 Å². The molecule has 0 amide bonds. The summed E-state index contributed by atoms with van der Waals surface area (Å²) in [6, 6.07) is 18.4. The van der Waals surface area contributed by atoms with E-state index < -0.39 is 0 Å². The summed E-state index contributed by atoms with van der Waals surface area (Å²) in [5.74, 6) is 1.27. The number of hydrogen-bond acceptors (Lipinski definition) is 6. The highest BCUT2D eigenvalue weighted by Gasteiger charge is 2.38. The van der Waals surface area contributed by atoms with Crippen LogP contribution >= 0.6 is 0 Å². The lowest BCUT2D eigenvalue weighted by Crippen LogP contribution is -2.21. The molecule has 160 valence electrons. The van der Waals surface area contributed by atoms with Crippen LogP contribution in [0.1, 0.15) is 39.4 Å². The Balaban J connectivity index is 1.61. The summed E-state index contributed by atoms with van der Waals surface area (Å²) in [5.41, 5.74) is 2.77. The quantitative estimate of drug-likeness (QED) is 0.339. The van der Waals surface area contributed by atoms with Gasteiger partial charge in [0.05, 0.1) is 26.2 Å². The molecular formula is C26H20O6. The molecule has 6 nitrogen and oxygen atoms in total. The highest BCUT2D eigenvalue weighted by molar-refractivity contribution is 6.15. The second-order valence-corrected chi connectivity index (χ2v) is 7.52. The number of carbonyl (C=O) groups excluding carboxylic acids is 2. The van der Waals surface area contributed by atoms with E-state index in [9.17, 15) is 9.59 Å².